The zero-order chi connectivity index (χ0) is 10.1. The summed E-state index contributed by atoms with van der Waals surface area (Å²) in [6, 6.07) is 3.58. The van der Waals surface area contributed by atoms with Gasteiger partial charge in [0, 0.05) is 5.56 Å². The van der Waals surface area contributed by atoms with Gasteiger partial charge in [-0.1, -0.05) is 0 Å². The average Bonchev–Trinajstić information content (AvgIpc) is 2.57. The van der Waals surface area contributed by atoms with E-state index >= 15 is 0 Å². The number of hydrogen-bond acceptors (Lipinski definition) is 3. The Morgan fingerprint density at radius 1 is 1.21 bits per heavy atom. The van der Waals surface area contributed by atoms with Crippen LogP contribution in [0.5, 0.6) is 11.5 Å². The molecule has 0 fully saturated rings. The molecular formula is C10H11NO3. The quantitative estimate of drug-likeness (QED) is 0.767. The number of fused-ring (bicyclic) bond motifs is 1. The second kappa shape index (κ2) is 3.21. The summed E-state index contributed by atoms with van der Waals surface area (Å²) in [5.74, 6) is 1.37. The molecule has 0 unspecified atom stereocenters. The first-order valence-corrected chi connectivity index (χ1v) is 4.30. The number of benzene rings is 1. The third kappa shape index (κ3) is 1.19. The molecule has 0 bridgehead atoms. The van der Waals surface area contributed by atoms with Crippen molar-refractivity contribution in [1.29, 1.82) is 0 Å². The van der Waals surface area contributed by atoms with Crippen LogP contribution in [0.15, 0.2) is 12.1 Å². The summed E-state index contributed by atoms with van der Waals surface area (Å²) < 4.78 is 10.3. The molecule has 0 saturated carbocycles. The molecule has 0 saturated heterocycles. The molecule has 1 aromatic rings. The number of anilines is 1. The number of ether oxygens (including phenoxy) is 2. The summed E-state index contributed by atoms with van der Waals surface area (Å²) in [4.78, 5) is 11.2. The lowest BCUT2D eigenvalue weighted by Crippen LogP contribution is -2.04. The summed E-state index contributed by atoms with van der Waals surface area (Å²) >= 11 is 0. The van der Waals surface area contributed by atoms with E-state index in [1.165, 1.54) is 0 Å². The maximum Gasteiger partial charge on any atom is 0.229 e. The number of methoxy groups -OCH3 is 2. The summed E-state index contributed by atoms with van der Waals surface area (Å²) in [7, 11) is 3.16. The molecule has 1 aliphatic rings. The van der Waals surface area contributed by atoms with Crippen LogP contribution in [0.25, 0.3) is 0 Å². The Balaban J connectivity index is 2.55. The molecule has 74 valence electrons. The van der Waals surface area contributed by atoms with Crippen LogP contribution in [0.2, 0.25) is 0 Å². The van der Waals surface area contributed by atoms with Crippen molar-refractivity contribution in [2.45, 2.75) is 6.42 Å². The van der Waals surface area contributed by atoms with Gasteiger partial charge in [0.05, 0.1) is 26.3 Å². The van der Waals surface area contributed by atoms with Gasteiger partial charge in [0.25, 0.3) is 0 Å². The van der Waals surface area contributed by atoms with Crippen LogP contribution in [0.1, 0.15) is 5.56 Å². The molecule has 0 spiro atoms. The number of hydrogen-bond donors (Lipinski definition) is 1. The molecule has 4 nitrogen and oxygen atoms in total. The molecule has 1 heterocycles. The van der Waals surface area contributed by atoms with Crippen molar-refractivity contribution < 1.29 is 14.3 Å². The predicted molar refractivity (Wildman–Crippen MR) is 51.9 cm³/mol. The highest BCUT2D eigenvalue weighted by Gasteiger charge is 2.24. The summed E-state index contributed by atoms with van der Waals surface area (Å²) in [6.07, 6.45) is 0.357. The number of nitrogens with one attached hydrogen (secondary N) is 1. The predicted octanol–water partition coefficient (Wildman–Crippen LogP) is 1.20. The highest BCUT2D eigenvalue weighted by molar-refractivity contribution is 6.02. The highest BCUT2D eigenvalue weighted by Crippen LogP contribution is 2.38. The first-order valence-electron chi connectivity index (χ1n) is 4.30. The number of carbonyl (C=O) groups excluding carboxylic acids is 1. The second-order valence-corrected chi connectivity index (χ2v) is 3.05. The molecule has 4 heteroatoms. The number of rotatable bonds is 2. The fourth-order valence-corrected chi connectivity index (χ4v) is 1.63. The van der Waals surface area contributed by atoms with Gasteiger partial charge in [-0.3, -0.25) is 4.79 Å². The van der Waals surface area contributed by atoms with Gasteiger partial charge in [0.2, 0.25) is 5.91 Å². The Bertz CT molecular complexity index is 352. The lowest BCUT2D eigenvalue weighted by atomic mass is 10.1. The van der Waals surface area contributed by atoms with E-state index < -0.39 is 0 Å². The van der Waals surface area contributed by atoms with E-state index in [4.69, 9.17) is 9.47 Å². The third-order valence-corrected chi connectivity index (χ3v) is 2.27. The van der Waals surface area contributed by atoms with Crippen LogP contribution >= 0.6 is 0 Å². The van der Waals surface area contributed by atoms with Gasteiger partial charge in [0.15, 0.2) is 0 Å². The fourth-order valence-electron chi connectivity index (χ4n) is 1.63. The molecule has 14 heavy (non-hydrogen) atoms. The standard InChI is InChI=1S/C10H11NO3/c1-13-7-3-4-8(14-2)10-6(7)5-9(12)11-10/h3-4H,5H2,1-2H3,(H,11,12). The van der Waals surface area contributed by atoms with Gasteiger partial charge in [-0.05, 0) is 12.1 Å². The SMILES string of the molecule is COc1ccc(OC)c2c1CC(=O)N2. The second-order valence-electron chi connectivity index (χ2n) is 3.05. The summed E-state index contributed by atoms with van der Waals surface area (Å²) in [6.45, 7) is 0. The molecule has 1 aromatic carbocycles. The van der Waals surface area contributed by atoms with E-state index in [9.17, 15) is 4.79 Å². The maximum absolute atomic E-state index is 11.2. The first kappa shape index (κ1) is 8.87. The van der Waals surface area contributed by atoms with E-state index in [2.05, 4.69) is 5.32 Å². The molecule has 1 N–H and O–H groups in total. The van der Waals surface area contributed by atoms with Crippen LogP contribution < -0.4 is 14.8 Å². The Morgan fingerprint density at radius 3 is 2.50 bits per heavy atom. The normalized spacial score (nSPS) is 13.4. The lowest BCUT2D eigenvalue weighted by molar-refractivity contribution is -0.115. The van der Waals surface area contributed by atoms with E-state index in [1.807, 2.05) is 0 Å². The van der Waals surface area contributed by atoms with Gasteiger partial charge < -0.3 is 14.8 Å². The van der Waals surface area contributed by atoms with E-state index in [-0.39, 0.29) is 5.91 Å². The van der Waals surface area contributed by atoms with Crippen LogP contribution in [-0.4, -0.2) is 20.1 Å². The van der Waals surface area contributed by atoms with Crippen molar-refractivity contribution >= 4 is 11.6 Å². The molecule has 0 atom stereocenters. The third-order valence-electron chi connectivity index (χ3n) is 2.27. The largest absolute Gasteiger partial charge is 0.496 e. The van der Waals surface area contributed by atoms with Gasteiger partial charge in [0.1, 0.15) is 11.5 Å². The first-order chi connectivity index (χ1) is 6.76. The molecule has 0 radical (unpaired) electrons. The number of amides is 1. The lowest BCUT2D eigenvalue weighted by Gasteiger charge is -2.09. The maximum atomic E-state index is 11.2. The van der Waals surface area contributed by atoms with Crippen molar-refractivity contribution in [1.82, 2.24) is 0 Å². The minimum Gasteiger partial charge on any atom is -0.496 e. The summed E-state index contributed by atoms with van der Waals surface area (Å²) in [5, 5.41) is 2.75. The van der Waals surface area contributed by atoms with Gasteiger partial charge in [-0.2, -0.15) is 0 Å². The molecular weight excluding hydrogens is 182 g/mol. The smallest absolute Gasteiger partial charge is 0.229 e. The van der Waals surface area contributed by atoms with Gasteiger partial charge in [-0.25, -0.2) is 0 Å². The van der Waals surface area contributed by atoms with E-state index in [0.29, 0.717) is 12.2 Å². The van der Waals surface area contributed by atoms with E-state index in [0.717, 1.165) is 17.0 Å². The Labute approximate surface area is 81.8 Å². The van der Waals surface area contributed by atoms with Crippen LogP contribution in [0.4, 0.5) is 5.69 Å². The van der Waals surface area contributed by atoms with Crippen LogP contribution in [-0.2, 0) is 11.2 Å². The Hall–Kier alpha value is -1.71. The number of carbonyl (C=O) groups is 1. The van der Waals surface area contributed by atoms with Crippen molar-refractivity contribution in [2.24, 2.45) is 0 Å². The average molecular weight is 193 g/mol. The minimum atomic E-state index is -0.0252. The highest BCUT2D eigenvalue weighted by atomic mass is 16.5. The molecule has 0 aliphatic carbocycles. The zero-order valence-corrected chi connectivity index (χ0v) is 8.09. The Morgan fingerprint density at radius 2 is 1.86 bits per heavy atom. The van der Waals surface area contributed by atoms with Crippen LogP contribution in [0, 0.1) is 0 Å². The van der Waals surface area contributed by atoms with Crippen molar-refractivity contribution in [3.8, 4) is 11.5 Å². The van der Waals surface area contributed by atoms with Crippen molar-refractivity contribution in [2.75, 3.05) is 19.5 Å². The minimum absolute atomic E-state index is 0.0252. The van der Waals surface area contributed by atoms with Crippen molar-refractivity contribution in [3.05, 3.63) is 17.7 Å². The van der Waals surface area contributed by atoms with E-state index in [1.54, 1.807) is 26.4 Å². The fraction of sp³-hybridized carbons (Fsp3) is 0.300. The van der Waals surface area contributed by atoms with Gasteiger partial charge in [-0.15, -0.1) is 0 Å². The summed E-state index contributed by atoms with van der Waals surface area (Å²) in [5.41, 5.74) is 1.61. The monoisotopic (exact) mass is 193 g/mol. The van der Waals surface area contributed by atoms with Crippen LogP contribution in [0.3, 0.4) is 0 Å². The molecule has 0 aromatic heterocycles. The molecule has 1 aliphatic heterocycles. The zero-order valence-electron chi connectivity index (χ0n) is 8.09. The molecule has 2 rings (SSSR count). The topological polar surface area (TPSA) is 47.6 Å². The molecule has 1 amide bonds. The van der Waals surface area contributed by atoms with Crippen molar-refractivity contribution in [3.63, 3.8) is 0 Å². The van der Waals surface area contributed by atoms with Gasteiger partial charge >= 0.3 is 0 Å². The Kier molecular flexibility index (Phi) is 2.04.